The van der Waals surface area contributed by atoms with Gasteiger partial charge in [-0.25, -0.2) is 4.79 Å². The second-order valence-electron chi connectivity index (χ2n) is 6.04. The maximum absolute atomic E-state index is 11.8. The zero-order chi connectivity index (χ0) is 13.8. The summed E-state index contributed by atoms with van der Waals surface area (Å²) in [5.41, 5.74) is -0.441. The molecule has 0 aromatic carbocycles. The van der Waals surface area contributed by atoms with Crippen molar-refractivity contribution >= 4 is 6.09 Å². The zero-order valence-corrected chi connectivity index (χ0v) is 12.0. The molecule has 0 aromatic heterocycles. The number of likely N-dealkylation sites (tertiary alicyclic amines) is 1. The maximum Gasteiger partial charge on any atom is 0.410 e. The Balaban J connectivity index is 2.32. The van der Waals surface area contributed by atoms with Gasteiger partial charge in [-0.3, -0.25) is 0 Å². The van der Waals surface area contributed by atoms with Crippen molar-refractivity contribution in [2.45, 2.75) is 32.8 Å². The molecule has 1 saturated heterocycles. The highest BCUT2D eigenvalue weighted by Gasteiger charge is 2.26. The Labute approximate surface area is 110 Å². The quantitative estimate of drug-likeness (QED) is 0.822. The van der Waals surface area contributed by atoms with Crippen LogP contribution in [0.4, 0.5) is 4.79 Å². The molecule has 5 nitrogen and oxygen atoms in total. The van der Waals surface area contributed by atoms with Gasteiger partial charge in [0.25, 0.3) is 0 Å². The SMILES string of the molecule is CN(C[C@@H]1CCN(CCO)C1)C(=O)OC(C)(C)C. The van der Waals surface area contributed by atoms with Crippen molar-refractivity contribution in [1.29, 1.82) is 0 Å². The molecule has 106 valence electrons. The molecular weight excluding hydrogens is 232 g/mol. The van der Waals surface area contributed by atoms with Gasteiger partial charge in [0.05, 0.1) is 6.61 Å². The van der Waals surface area contributed by atoms with Gasteiger partial charge in [-0.1, -0.05) is 0 Å². The summed E-state index contributed by atoms with van der Waals surface area (Å²) in [6.07, 6.45) is 0.816. The number of amides is 1. The molecule has 18 heavy (non-hydrogen) atoms. The number of aliphatic hydroxyl groups is 1. The Morgan fingerprint density at radius 3 is 2.72 bits per heavy atom. The lowest BCUT2D eigenvalue weighted by atomic mass is 10.1. The summed E-state index contributed by atoms with van der Waals surface area (Å²) in [7, 11) is 1.78. The Morgan fingerprint density at radius 2 is 2.17 bits per heavy atom. The summed E-state index contributed by atoms with van der Waals surface area (Å²) in [6, 6.07) is 0. The highest BCUT2D eigenvalue weighted by atomic mass is 16.6. The van der Waals surface area contributed by atoms with Gasteiger partial charge in [-0.05, 0) is 39.7 Å². The molecule has 0 aromatic rings. The average molecular weight is 258 g/mol. The van der Waals surface area contributed by atoms with Crippen LogP contribution in [0, 0.1) is 5.92 Å². The van der Waals surface area contributed by atoms with E-state index in [0.717, 1.165) is 32.6 Å². The first-order valence-corrected chi connectivity index (χ1v) is 6.59. The van der Waals surface area contributed by atoms with E-state index in [0.29, 0.717) is 5.92 Å². The van der Waals surface area contributed by atoms with Gasteiger partial charge in [0.1, 0.15) is 5.60 Å². The fraction of sp³-hybridized carbons (Fsp3) is 0.923. The van der Waals surface area contributed by atoms with E-state index in [9.17, 15) is 4.79 Å². The molecular formula is C13H26N2O3. The number of hydrogen-bond acceptors (Lipinski definition) is 4. The number of nitrogens with zero attached hydrogens (tertiary/aromatic N) is 2. The average Bonchev–Trinajstić information content (AvgIpc) is 2.63. The summed E-state index contributed by atoms with van der Waals surface area (Å²) in [5.74, 6) is 0.481. The van der Waals surface area contributed by atoms with Crippen LogP contribution in [0.2, 0.25) is 0 Å². The highest BCUT2D eigenvalue weighted by molar-refractivity contribution is 5.67. The molecule has 0 radical (unpaired) electrons. The topological polar surface area (TPSA) is 53.0 Å². The zero-order valence-electron chi connectivity index (χ0n) is 12.0. The number of ether oxygens (including phenoxy) is 1. The number of carbonyl (C=O) groups excluding carboxylic acids is 1. The fourth-order valence-corrected chi connectivity index (χ4v) is 2.21. The highest BCUT2D eigenvalue weighted by Crippen LogP contribution is 2.17. The summed E-state index contributed by atoms with van der Waals surface area (Å²) in [4.78, 5) is 15.7. The van der Waals surface area contributed by atoms with Gasteiger partial charge in [0, 0.05) is 26.7 Å². The smallest absolute Gasteiger partial charge is 0.410 e. The summed E-state index contributed by atoms with van der Waals surface area (Å²) in [5, 5.41) is 8.88. The van der Waals surface area contributed by atoms with Crippen LogP contribution in [0.1, 0.15) is 27.2 Å². The fourth-order valence-electron chi connectivity index (χ4n) is 2.21. The molecule has 0 unspecified atom stereocenters. The third kappa shape index (κ3) is 5.23. The summed E-state index contributed by atoms with van der Waals surface area (Å²) < 4.78 is 5.32. The molecule has 1 amide bonds. The van der Waals surface area contributed by atoms with Crippen LogP contribution in [0.3, 0.4) is 0 Å². The number of aliphatic hydroxyl groups excluding tert-OH is 1. The lowest BCUT2D eigenvalue weighted by Gasteiger charge is -2.26. The Kier molecular flexibility index (Phi) is 5.41. The minimum absolute atomic E-state index is 0.203. The van der Waals surface area contributed by atoms with E-state index in [2.05, 4.69) is 4.90 Å². The van der Waals surface area contributed by atoms with Crippen molar-refractivity contribution in [3.8, 4) is 0 Å². The number of β-amino-alcohol motifs (C(OH)–C–C–N with tert-alkyl or cyclic N) is 1. The van der Waals surface area contributed by atoms with Gasteiger partial charge in [0.2, 0.25) is 0 Å². The standard InChI is InChI=1S/C13H26N2O3/c1-13(2,3)18-12(17)14(4)9-11-5-6-15(10-11)7-8-16/h11,16H,5-10H2,1-4H3/t11-/m0/s1. The van der Waals surface area contributed by atoms with Crippen LogP contribution < -0.4 is 0 Å². The molecule has 0 saturated carbocycles. The van der Waals surface area contributed by atoms with E-state index in [1.165, 1.54) is 0 Å². The van der Waals surface area contributed by atoms with Crippen molar-refractivity contribution in [3.63, 3.8) is 0 Å². The molecule has 1 aliphatic rings. The van der Waals surface area contributed by atoms with Gasteiger partial charge in [-0.2, -0.15) is 0 Å². The first-order chi connectivity index (χ1) is 8.31. The van der Waals surface area contributed by atoms with E-state index < -0.39 is 5.60 Å². The van der Waals surface area contributed by atoms with E-state index in [4.69, 9.17) is 9.84 Å². The van der Waals surface area contributed by atoms with Crippen LogP contribution in [0.25, 0.3) is 0 Å². The summed E-state index contributed by atoms with van der Waals surface area (Å²) in [6.45, 7) is 9.23. The first-order valence-electron chi connectivity index (χ1n) is 6.59. The molecule has 0 aliphatic carbocycles. The predicted octanol–water partition coefficient (Wildman–Crippen LogP) is 1.17. The van der Waals surface area contributed by atoms with E-state index in [-0.39, 0.29) is 12.7 Å². The van der Waals surface area contributed by atoms with Crippen molar-refractivity contribution in [3.05, 3.63) is 0 Å². The van der Waals surface area contributed by atoms with Crippen LogP contribution in [-0.2, 0) is 4.74 Å². The minimum atomic E-state index is -0.441. The van der Waals surface area contributed by atoms with Crippen LogP contribution in [0.15, 0.2) is 0 Å². The third-order valence-corrected chi connectivity index (χ3v) is 3.02. The van der Waals surface area contributed by atoms with Crippen molar-refractivity contribution in [2.75, 3.05) is 39.8 Å². The Hall–Kier alpha value is -0.810. The van der Waals surface area contributed by atoms with Crippen LogP contribution in [-0.4, -0.2) is 66.4 Å². The number of carbonyl (C=O) groups is 1. The maximum atomic E-state index is 11.8. The first kappa shape index (κ1) is 15.2. The summed E-state index contributed by atoms with van der Waals surface area (Å²) >= 11 is 0. The van der Waals surface area contributed by atoms with Gasteiger partial charge in [0.15, 0.2) is 0 Å². The predicted molar refractivity (Wildman–Crippen MR) is 70.5 cm³/mol. The van der Waals surface area contributed by atoms with E-state index in [1.807, 2.05) is 20.8 Å². The van der Waals surface area contributed by atoms with Crippen molar-refractivity contribution < 1.29 is 14.6 Å². The number of hydrogen-bond donors (Lipinski definition) is 1. The normalized spacial score (nSPS) is 21.1. The molecule has 1 fully saturated rings. The van der Waals surface area contributed by atoms with Crippen molar-refractivity contribution in [2.24, 2.45) is 5.92 Å². The van der Waals surface area contributed by atoms with E-state index in [1.54, 1.807) is 11.9 Å². The van der Waals surface area contributed by atoms with Gasteiger partial charge < -0.3 is 19.6 Å². The van der Waals surface area contributed by atoms with Crippen LogP contribution in [0.5, 0.6) is 0 Å². The molecule has 0 spiro atoms. The second-order valence-corrected chi connectivity index (χ2v) is 6.04. The Morgan fingerprint density at radius 1 is 1.50 bits per heavy atom. The third-order valence-electron chi connectivity index (χ3n) is 3.02. The largest absolute Gasteiger partial charge is 0.444 e. The van der Waals surface area contributed by atoms with Crippen LogP contribution >= 0.6 is 0 Å². The monoisotopic (exact) mass is 258 g/mol. The lowest BCUT2D eigenvalue weighted by molar-refractivity contribution is 0.0274. The molecule has 1 rings (SSSR count). The molecule has 5 heteroatoms. The van der Waals surface area contributed by atoms with E-state index >= 15 is 0 Å². The minimum Gasteiger partial charge on any atom is -0.444 e. The molecule has 1 N–H and O–H groups in total. The second kappa shape index (κ2) is 6.38. The molecule has 1 atom stereocenters. The molecule has 0 bridgehead atoms. The molecule has 1 heterocycles. The van der Waals surface area contributed by atoms with Gasteiger partial charge >= 0.3 is 6.09 Å². The molecule has 1 aliphatic heterocycles. The lowest BCUT2D eigenvalue weighted by Crippen LogP contribution is -2.37. The number of rotatable bonds is 4. The van der Waals surface area contributed by atoms with Crippen molar-refractivity contribution in [1.82, 2.24) is 9.80 Å². The van der Waals surface area contributed by atoms with Gasteiger partial charge in [-0.15, -0.1) is 0 Å². The Bertz CT molecular complexity index is 276.